The van der Waals surface area contributed by atoms with Crippen molar-refractivity contribution in [2.24, 2.45) is 0 Å². The number of ether oxygens (including phenoxy) is 1. The second kappa shape index (κ2) is 5.80. The lowest BCUT2D eigenvalue weighted by molar-refractivity contribution is 0.0950. The molecule has 1 aromatic carbocycles. The minimum Gasteiger partial charge on any atom is -0.496 e. The van der Waals surface area contributed by atoms with E-state index in [0.717, 1.165) is 17.0 Å². The summed E-state index contributed by atoms with van der Waals surface area (Å²) < 4.78 is 5.46. The number of benzene rings is 1. The summed E-state index contributed by atoms with van der Waals surface area (Å²) in [4.78, 5) is 24.0. The smallest absolute Gasteiger partial charge is 0.271 e. The average molecular weight is 324 g/mol. The van der Waals surface area contributed by atoms with Gasteiger partial charge >= 0.3 is 0 Å². The molecule has 0 unspecified atom stereocenters. The first kappa shape index (κ1) is 14.4. The number of H-pyrrole nitrogens is 2. The van der Waals surface area contributed by atoms with E-state index in [4.69, 9.17) is 4.74 Å². The van der Waals surface area contributed by atoms with Gasteiger partial charge in [0.2, 0.25) is 0 Å². The quantitative estimate of drug-likeness (QED) is 0.672. The predicted octanol–water partition coefficient (Wildman–Crippen LogP) is 1.27. The molecule has 8 nitrogen and oxygen atoms in total. The summed E-state index contributed by atoms with van der Waals surface area (Å²) in [5, 5.41) is 9.50. The molecule has 8 heteroatoms. The Labute approximate surface area is 137 Å². The number of hydrogen-bond acceptors (Lipinski definition) is 5. The number of carbonyl (C=O) groups is 1. The van der Waals surface area contributed by atoms with Crippen LogP contribution in [-0.2, 0) is 6.42 Å². The number of nitrogens with zero attached hydrogens (tertiary/aromatic N) is 3. The third kappa shape index (κ3) is 2.41. The van der Waals surface area contributed by atoms with Gasteiger partial charge in [-0.2, -0.15) is 5.10 Å². The maximum Gasteiger partial charge on any atom is 0.271 e. The fourth-order valence-electron chi connectivity index (χ4n) is 3.02. The minimum absolute atomic E-state index is 0.0920. The lowest BCUT2D eigenvalue weighted by atomic mass is 9.93. The van der Waals surface area contributed by atoms with E-state index in [1.165, 1.54) is 6.33 Å². The SMILES string of the molecule is COc1ccccc1[C@@H]1CNC(=O)c2nc(-c3ncn[nH]3)[nH]c2C1. The summed E-state index contributed by atoms with van der Waals surface area (Å²) >= 11 is 0. The summed E-state index contributed by atoms with van der Waals surface area (Å²) in [6.07, 6.45) is 2.05. The Hall–Kier alpha value is -3.16. The van der Waals surface area contributed by atoms with Crippen molar-refractivity contribution in [3.8, 4) is 17.4 Å². The van der Waals surface area contributed by atoms with Gasteiger partial charge in [0.1, 0.15) is 17.8 Å². The molecule has 1 atom stereocenters. The van der Waals surface area contributed by atoms with Crippen LogP contribution in [0.2, 0.25) is 0 Å². The maximum atomic E-state index is 12.3. The predicted molar refractivity (Wildman–Crippen MR) is 85.7 cm³/mol. The maximum absolute atomic E-state index is 12.3. The molecule has 0 bridgehead atoms. The van der Waals surface area contributed by atoms with Crippen LogP contribution in [0.3, 0.4) is 0 Å². The first-order valence-corrected chi connectivity index (χ1v) is 7.62. The van der Waals surface area contributed by atoms with Crippen LogP contribution >= 0.6 is 0 Å². The van der Waals surface area contributed by atoms with Crippen LogP contribution in [-0.4, -0.2) is 44.7 Å². The van der Waals surface area contributed by atoms with Gasteiger partial charge in [-0.1, -0.05) is 18.2 Å². The van der Waals surface area contributed by atoms with Crippen molar-refractivity contribution in [3.63, 3.8) is 0 Å². The van der Waals surface area contributed by atoms with Gasteiger partial charge in [0.25, 0.3) is 5.91 Å². The first-order chi connectivity index (χ1) is 11.8. The summed E-state index contributed by atoms with van der Waals surface area (Å²) in [6, 6.07) is 7.85. The van der Waals surface area contributed by atoms with Gasteiger partial charge in [0.15, 0.2) is 11.6 Å². The second-order valence-electron chi connectivity index (χ2n) is 5.60. The van der Waals surface area contributed by atoms with E-state index >= 15 is 0 Å². The zero-order chi connectivity index (χ0) is 16.5. The number of fused-ring (bicyclic) bond motifs is 1. The highest BCUT2D eigenvalue weighted by atomic mass is 16.5. The van der Waals surface area contributed by atoms with Crippen molar-refractivity contribution in [1.29, 1.82) is 0 Å². The van der Waals surface area contributed by atoms with Crippen molar-refractivity contribution in [1.82, 2.24) is 30.5 Å². The highest BCUT2D eigenvalue weighted by molar-refractivity contribution is 5.94. The van der Waals surface area contributed by atoms with Crippen LogP contribution in [0.15, 0.2) is 30.6 Å². The van der Waals surface area contributed by atoms with Crippen molar-refractivity contribution in [2.75, 3.05) is 13.7 Å². The Balaban J connectivity index is 1.72. The van der Waals surface area contributed by atoms with E-state index in [2.05, 4.69) is 30.5 Å². The van der Waals surface area contributed by atoms with Gasteiger partial charge in [-0.05, 0) is 18.1 Å². The molecule has 1 amide bonds. The number of methoxy groups -OCH3 is 1. The lowest BCUT2D eigenvalue weighted by Crippen LogP contribution is -2.26. The highest BCUT2D eigenvalue weighted by Gasteiger charge is 2.28. The van der Waals surface area contributed by atoms with Gasteiger partial charge in [-0.15, -0.1) is 0 Å². The van der Waals surface area contributed by atoms with Crippen molar-refractivity contribution < 1.29 is 9.53 Å². The molecule has 3 aromatic rings. The number of imidazole rings is 1. The molecule has 0 radical (unpaired) electrons. The van der Waals surface area contributed by atoms with E-state index in [1.807, 2.05) is 24.3 Å². The van der Waals surface area contributed by atoms with Gasteiger partial charge in [0.05, 0.1) is 7.11 Å². The first-order valence-electron chi connectivity index (χ1n) is 7.62. The Kier molecular flexibility index (Phi) is 3.49. The van der Waals surface area contributed by atoms with Crippen LogP contribution in [0.25, 0.3) is 11.6 Å². The van der Waals surface area contributed by atoms with Crippen molar-refractivity contribution in [3.05, 3.63) is 47.5 Å². The molecule has 0 aliphatic carbocycles. The van der Waals surface area contributed by atoms with Gasteiger partial charge < -0.3 is 15.0 Å². The molecular weight excluding hydrogens is 308 g/mol. The van der Waals surface area contributed by atoms with Crippen LogP contribution in [0.1, 0.15) is 27.7 Å². The Morgan fingerprint density at radius 3 is 2.92 bits per heavy atom. The molecule has 0 fully saturated rings. The summed E-state index contributed by atoms with van der Waals surface area (Å²) in [5.74, 6) is 1.73. The minimum atomic E-state index is -0.190. The summed E-state index contributed by atoms with van der Waals surface area (Å²) in [5.41, 5.74) is 2.25. The van der Waals surface area contributed by atoms with E-state index in [0.29, 0.717) is 30.3 Å². The Morgan fingerprint density at radius 2 is 2.12 bits per heavy atom. The van der Waals surface area contributed by atoms with Crippen molar-refractivity contribution in [2.45, 2.75) is 12.3 Å². The summed E-state index contributed by atoms with van der Waals surface area (Å²) in [6.45, 7) is 0.529. The number of aromatic amines is 2. The average Bonchev–Trinajstić information content (AvgIpc) is 3.25. The van der Waals surface area contributed by atoms with Gasteiger partial charge in [-0.25, -0.2) is 9.97 Å². The van der Waals surface area contributed by atoms with Crippen molar-refractivity contribution >= 4 is 5.91 Å². The van der Waals surface area contributed by atoms with Gasteiger partial charge in [0, 0.05) is 18.2 Å². The number of para-hydroxylation sites is 1. The molecule has 2 aromatic heterocycles. The van der Waals surface area contributed by atoms with E-state index in [9.17, 15) is 4.79 Å². The zero-order valence-electron chi connectivity index (χ0n) is 13.0. The summed E-state index contributed by atoms with van der Waals surface area (Å²) in [7, 11) is 1.65. The van der Waals surface area contributed by atoms with E-state index in [1.54, 1.807) is 7.11 Å². The third-order valence-corrected chi connectivity index (χ3v) is 4.17. The molecule has 0 saturated heterocycles. The molecule has 0 saturated carbocycles. The molecule has 1 aliphatic rings. The molecule has 122 valence electrons. The van der Waals surface area contributed by atoms with Crippen LogP contribution in [0, 0.1) is 0 Å². The van der Waals surface area contributed by atoms with E-state index < -0.39 is 0 Å². The lowest BCUT2D eigenvalue weighted by Gasteiger charge is -2.17. The number of amides is 1. The monoisotopic (exact) mass is 324 g/mol. The molecule has 4 rings (SSSR count). The van der Waals surface area contributed by atoms with Crippen LogP contribution in [0.5, 0.6) is 5.75 Å². The van der Waals surface area contributed by atoms with Gasteiger partial charge in [-0.3, -0.25) is 9.89 Å². The normalized spacial score (nSPS) is 17.0. The number of carbonyl (C=O) groups excluding carboxylic acids is 1. The molecule has 0 spiro atoms. The fraction of sp³-hybridized carbons (Fsp3) is 0.250. The second-order valence-corrected chi connectivity index (χ2v) is 5.60. The third-order valence-electron chi connectivity index (χ3n) is 4.17. The highest BCUT2D eigenvalue weighted by Crippen LogP contribution is 2.31. The number of aromatic nitrogens is 5. The van der Waals surface area contributed by atoms with E-state index in [-0.39, 0.29) is 11.8 Å². The number of rotatable bonds is 3. The standard InChI is InChI=1S/C16H16N6O2/c1-24-12-5-3-2-4-10(12)9-6-11-13(16(23)17-7-9)21-15(20-11)14-18-8-19-22-14/h2-5,8-9H,6-7H2,1H3,(H,17,23)(H,20,21)(H,18,19,22)/t9-/m0/s1. The molecule has 3 N–H and O–H groups in total. The zero-order valence-corrected chi connectivity index (χ0v) is 13.0. The largest absolute Gasteiger partial charge is 0.496 e. The Bertz CT molecular complexity index is 871. The van der Waals surface area contributed by atoms with Crippen LogP contribution in [0.4, 0.5) is 0 Å². The number of hydrogen-bond donors (Lipinski definition) is 3. The Morgan fingerprint density at radius 1 is 1.25 bits per heavy atom. The fourth-order valence-corrected chi connectivity index (χ4v) is 3.02. The topological polar surface area (TPSA) is 109 Å². The molecular formula is C16H16N6O2. The molecule has 24 heavy (non-hydrogen) atoms. The number of nitrogens with one attached hydrogen (secondary N) is 3. The molecule has 1 aliphatic heterocycles. The van der Waals surface area contributed by atoms with Crippen LogP contribution < -0.4 is 10.1 Å². The molecule has 3 heterocycles.